The second-order valence-corrected chi connectivity index (χ2v) is 3.38. The molecule has 0 fully saturated rings. The van der Waals surface area contributed by atoms with Gasteiger partial charge in [-0.15, -0.1) is 0 Å². The van der Waals surface area contributed by atoms with E-state index in [4.69, 9.17) is 0 Å². The van der Waals surface area contributed by atoms with Crippen LogP contribution in [0.1, 0.15) is 0 Å². The van der Waals surface area contributed by atoms with Crippen molar-refractivity contribution in [2.24, 2.45) is 4.99 Å². The normalized spacial score (nSPS) is 10.5. The Morgan fingerprint density at radius 2 is 2.06 bits per heavy atom. The molecule has 1 N–H and O–H groups in total. The molecular weight excluding hydrogens is 206 g/mol. The van der Waals surface area contributed by atoms with Gasteiger partial charge in [0.05, 0.1) is 24.0 Å². The summed E-state index contributed by atoms with van der Waals surface area (Å²) in [6.07, 6.45) is 0. The lowest BCUT2D eigenvalue weighted by atomic mass is 10.2. The molecule has 1 heterocycles. The van der Waals surface area contributed by atoms with Gasteiger partial charge in [-0.1, -0.05) is 12.1 Å². The molecule has 0 spiro atoms. The molecule has 0 saturated carbocycles. The number of nitrogens with zero attached hydrogens (tertiary/aromatic N) is 2. The summed E-state index contributed by atoms with van der Waals surface area (Å²) in [6, 6.07) is 6.92. The zero-order valence-corrected chi connectivity index (χ0v) is 8.64. The fourth-order valence-corrected chi connectivity index (χ4v) is 1.57. The van der Waals surface area contributed by atoms with E-state index in [0.717, 1.165) is 4.57 Å². The van der Waals surface area contributed by atoms with Crippen LogP contribution in [-0.4, -0.2) is 22.8 Å². The van der Waals surface area contributed by atoms with Crippen LogP contribution in [-0.2, 0) is 6.54 Å². The predicted octanol–water partition coefficient (Wildman–Crippen LogP) is 0.390. The highest BCUT2D eigenvalue weighted by molar-refractivity contribution is 5.76. The van der Waals surface area contributed by atoms with Crippen LogP contribution < -0.4 is 11.2 Å². The minimum absolute atomic E-state index is 0.252. The SMILES string of the molecule is C=NCCn1c(=O)[nH]c2ccccc2c1=O. The van der Waals surface area contributed by atoms with E-state index in [1.54, 1.807) is 24.3 Å². The van der Waals surface area contributed by atoms with E-state index in [0.29, 0.717) is 17.4 Å². The molecule has 0 unspecified atom stereocenters. The van der Waals surface area contributed by atoms with Gasteiger partial charge in [0, 0.05) is 0 Å². The Morgan fingerprint density at radius 3 is 2.81 bits per heavy atom. The van der Waals surface area contributed by atoms with Crippen molar-refractivity contribution in [2.75, 3.05) is 6.54 Å². The lowest BCUT2D eigenvalue weighted by Gasteiger charge is -2.03. The van der Waals surface area contributed by atoms with Gasteiger partial charge >= 0.3 is 5.69 Å². The van der Waals surface area contributed by atoms with Crippen molar-refractivity contribution in [3.8, 4) is 0 Å². The summed E-state index contributed by atoms with van der Waals surface area (Å²) in [7, 11) is 0. The Kier molecular flexibility index (Phi) is 2.68. The van der Waals surface area contributed by atoms with Crippen LogP contribution in [0.25, 0.3) is 10.9 Å². The number of H-pyrrole nitrogens is 1. The molecule has 1 aromatic heterocycles. The molecule has 2 aromatic rings. The number of para-hydroxylation sites is 1. The fraction of sp³-hybridized carbons (Fsp3) is 0.182. The van der Waals surface area contributed by atoms with E-state index in [1.807, 2.05) is 0 Å². The molecule has 0 radical (unpaired) electrons. The maximum atomic E-state index is 11.9. The Hall–Kier alpha value is -2.17. The molecule has 5 heteroatoms. The Labute approximate surface area is 91.1 Å². The summed E-state index contributed by atoms with van der Waals surface area (Å²) in [5, 5.41) is 0.506. The van der Waals surface area contributed by atoms with Gasteiger partial charge in [0.25, 0.3) is 5.56 Å². The van der Waals surface area contributed by atoms with Gasteiger partial charge in [0.1, 0.15) is 0 Å². The number of fused-ring (bicyclic) bond motifs is 1. The standard InChI is InChI=1S/C11H11N3O2/c1-12-6-7-14-10(15)8-4-2-3-5-9(8)13-11(14)16/h2-5H,1,6-7H2,(H,13,16). The van der Waals surface area contributed by atoms with E-state index in [-0.39, 0.29) is 12.1 Å². The summed E-state index contributed by atoms with van der Waals surface area (Å²) in [4.78, 5) is 29.8. The Bertz CT molecular complexity index is 639. The number of hydrogen-bond donors (Lipinski definition) is 1. The average molecular weight is 217 g/mol. The zero-order chi connectivity index (χ0) is 11.5. The van der Waals surface area contributed by atoms with Gasteiger partial charge in [0.15, 0.2) is 0 Å². The zero-order valence-electron chi connectivity index (χ0n) is 8.64. The third-order valence-electron chi connectivity index (χ3n) is 2.37. The molecule has 0 atom stereocenters. The first kappa shape index (κ1) is 10.4. The topological polar surface area (TPSA) is 67.2 Å². The van der Waals surface area contributed by atoms with E-state index >= 15 is 0 Å². The van der Waals surface area contributed by atoms with Crippen molar-refractivity contribution < 1.29 is 0 Å². The molecule has 0 bridgehead atoms. The van der Waals surface area contributed by atoms with Gasteiger partial charge in [-0.25, -0.2) is 4.79 Å². The molecule has 2 rings (SSSR count). The van der Waals surface area contributed by atoms with E-state index in [2.05, 4.69) is 16.7 Å². The van der Waals surface area contributed by atoms with Crippen molar-refractivity contribution in [1.29, 1.82) is 0 Å². The first-order valence-corrected chi connectivity index (χ1v) is 4.88. The molecule has 1 aromatic carbocycles. The highest BCUT2D eigenvalue weighted by atomic mass is 16.2. The van der Waals surface area contributed by atoms with Crippen molar-refractivity contribution in [3.63, 3.8) is 0 Å². The van der Waals surface area contributed by atoms with Crippen molar-refractivity contribution in [2.45, 2.75) is 6.54 Å². The Morgan fingerprint density at radius 1 is 1.31 bits per heavy atom. The summed E-state index contributed by atoms with van der Waals surface area (Å²) in [5.74, 6) is 0. The van der Waals surface area contributed by atoms with Gasteiger partial charge in [-0.2, -0.15) is 0 Å². The number of aromatic amines is 1. The minimum atomic E-state index is -0.410. The quantitative estimate of drug-likeness (QED) is 0.756. The number of rotatable bonds is 3. The van der Waals surface area contributed by atoms with Crippen LogP contribution >= 0.6 is 0 Å². The number of aliphatic imine (C=N–C) groups is 1. The van der Waals surface area contributed by atoms with Crippen LogP contribution in [0.2, 0.25) is 0 Å². The molecule has 16 heavy (non-hydrogen) atoms. The molecule has 0 saturated heterocycles. The van der Waals surface area contributed by atoms with E-state index in [1.165, 1.54) is 0 Å². The summed E-state index contributed by atoms with van der Waals surface area (Å²) >= 11 is 0. The first-order valence-electron chi connectivity index (χ1n) is 4.88. The number of aromatic nitrogens is 2. The van der Waals surface area contributed by atoms with Crippen molar-refractivity contribution >= 4 is 17.6 Å². The van der Waals surface area contributed by atoms with Gasteiger partial charge in [-0.05, 0) is 18.9 Å². The summed E-state index contributed by atoms with van der Waals surface area (Å²) in [5.41, 5.74) is -0.143. The number of nitrogens with one attached hydrogen (secondary N) is 1. The maximum Gasteiger partial charge on any atom is 0.328 e. The monoisotopic (exact) mass is 217 g/mol. The van der Waals surface area contributed by atoms with E-state index < -0.39 is 5.69 Å². The lowest BCUT2D eigenvalue weighted by molar-refractivity contribution is 0.649. The largest absolute Gasteiger partial charge is 0.328 e. The minimum Gasteiger partial charge on any atom is -0.307 e. The smallest absolute Gasteiger partial charge is 0.307 e. The fourth-order valence-electron chi connectivity index (χ4n) is 1.57. The molecule has 82 valence electrons. The molecular formula is C11H11N3O2. The number of benzene rings is 1. The van der Waals surface area contributed by atoms with Crippen LogP contribution in [0, 0.1) is 0 Å². The summed E-state index contributed by atoms with van der Waals surface area (Å²) in [6.45, 7) is 3.92. The maximum absolute atomic E-state index is 11.9. The molecule has 0 aliphatic rings. The second kappa shape index (κ2) is 4.14. The third-order valence-corrected chi connectivity index (χ3v) is 2.37. The van der Waals surface area contributed by atoms with Crippen molar-refractivity contribution in [3.05, 3.63) is 45.1 Å². The molecule has 5 nitrogen and oxygen atoms in total. The van der Waals surface area contributed by atoms with Gasteiger partial charge < -0.3 is 4.98 Å². The highest BCUT2D eigenvalue weighted by Gasteiger charge is 2.05. The van der Waals surface area contributed by atoms with Gasteiger partial charge in [0.2, 0.25) is 0 Å². The van der Waals surface area contributed by atoms with Crippen LogP contribution in [0.15, 0.2) is 38.8 Å². The first-order chi connectivity index (χ1) is 7.74. The van der Waals surface area contributed by atoms with Gasteiger partial charge in [-0.3, -0.25) is 14.4 Å². The second-order valence-electron chi connectivity index (χ2n) is 3.38. The van der Waals surface area contributed by atoms with Crippen LogP contribution in [0.5, 0.6) is 0 Å². The summed E-state index contributed by atoms with van der Waals surface area (Å²) < 4.78 is 1.14. The Balaban J connectivity index is 2.71. The number of hydrogen-bond acceptors (Lipinski definition) is 3. The lowest BCUT2D eigenvalue weighted by Crippen LogP contribution is -2.35. The molecule has 0 amide bonds. The average Bonchev–Trinajstić information content (AvgIpc) is 2.29. The predicted molar refractivity (Wildman–Crippen MR) is 63.2 cm³/mol. The van der Waals surface area contributed by atoms with Crippen molar-refractivity contribution in [1.82, 2.24) is 9.55 Å². The molecule has 0 aliphatic carbocycles. The van der Waals surface area contributed by atoms with Crippen LogP contribution in [0.4, 0.5) is 0 Å². The third kappa shape index (κ3) is 1.67. The highest BCUT2D eigenvalue weighted by Crippen LogP contribution is 2.02. The van der Waals surface area contributed by atoms with Crippen LogP contribution in [0.3, 0.4) is 0 Å². The van der Waals surface area contributed by atoms with E-state index in [9.17, 15) is 9.59 Å². The molecule has 0 aliphatic heterocycles.